The number of nitrogens with one attached hydrogen (secondary N) is 1. The second-order valence-electron chi connectivity index (χ2n) is 7.15. The molecule has 0 unspecified atom stereocenters. The van der Waals surface area contributed by atoms with Crippen molar-refractivity contribution in [3.8, 4) is 0 Å². The lowest BCUT2D eigenvalue weighted by molar-refractivity contribution is 0.371. The standard InChI is InChI=1S/C20H27FN4O/c1-15(9-10-16-6-3-4-8-18(16)21)23-17-7-5-12-25(14-17)19-20(26)24(2)13-11-22-19/h3-4,6,8,11,13,15,17,23H,5,7,9-10,12,14H2,1-2H3/t15-,17-/m1/s1. The molecule has 2 heterocycles. The van der Waals surface area contributed by atoms with Crippen molar-refractivity contribution in [3.05, 3.63) is 58.4 Å². The Morgan fingerprint density at radius 1 is 1.38 bits per heavy atom. The lowest BCUT2D eigenvalue weighted by atomic mass is 10.0. The average Bonchev–Trinajstić information content (AvgIpc) is 2.63. The number of aromatic nitrogens is 2. The number of halogens is 1. The Morgan fingerprint density at radius 2 is 2.19 bits per heavy atom. The summed E-state index contributed by atoms with van der Waals surface area (Å²) < 4.78 is 15.3. The van der Waals surface area contributed by atoms with Gasteiger partial charge in [0.25, 0.3) is 5.56 Å². The van der Waals surface area contributed by atoms with Crippen molar-refractivity contribution in [1.29, 1.82) is 0 Å². The SMILES string of the molecule is C[C@H](CCc1ccccc1F)N[C@@H]1CCCN(c2nccn(C)c2=O)C1. The number of rotatable bonds is 6. The first-order valence-corrected chi connectivity index (χ1v) is 9.30. The van der Waals surface area contributed by atoms with E-state index in [1.54, 1.807) is 30.1 Å². The summed E-state index contributed by atoms with van der Waals surface area (Å²) in [6, 6.07) is 7.56. The molecule has 2 atom stereocenters. The number of hydrogen-bond donors (Lipinski definition) is 1. The molecule has 0 amide bonds. The molecule has 6 heteroatoms. The molecule has 1 saturated heterocycles. The van der Waals surface area contributed by atoms with Crippen molar-refractivity contribution in [2.45, 2.75) is 44.7 Å². The molecule has 1 aromatic carbocycles. The van der Waals surface area contributed by atoms with E-state index in [1.807, 2.05) is 12.1 Å². The first kappa shape index (κ1) is 18.6. The van der Waals surface area contributed by atoms with Crippen molar-refractivity contribution in [2.75, 3.05) is 18.0 Å². The third kappa shape index (κ3) is 4.49. The highest BCUT2D eigenvalue weighted by atomic mass is 19.1. The summed E-state index contributed by atoms with van der Waals surface area (Å²) >= 11 is 0. The molecule has 1 aliphatic rings. The number of hydrogen-bond acceptors (Lipinski definition) is 4. The van der Waals surface area contributed by atoms with E-state index in [0.717, 1.165) is 44.3 Å². The fraction of sp³-hybridized carbons (Fsp3) is 0.500. The molecular weight excluding hydrogens is 331 g/mol. The van der Waals surface area contributed by atoms with Crippen molar-refractivity contribution in [3.63, 3.8) is 0 Å². The van der Waals surface area contributed by atoms with Crippen LogP contribution in [0.15, 0.2) is 41.5 Å². The van der Waals surface area contributed by atoms with Crippen LogP contribution in [0.4, 0.5) is 10.2 Å². The summed E-state index contributed by atoms with van der Waals surface area (Å²) in [5.41, 5.74) is 0.712. The lowest BCUT2D eigenvalue weighted by Crippen LogP contribution is -2.50. The quantitative estimate of drug-likeness (QED) is 0.862. The Bertz CT molecular complexity index is 791. The first-order valence-electron chi connectivity index (χ1n) is 9.30. The third-order valence-electron chi connectivity index (χ3n) is 5.04. The predicted octanol–water partition coefficient (Wildman–Crippen LogP) is 2.50. The molecule has 5 nitrogen and oxygen atoms in total. The monoisotopic (exact) mass is 358 g/mol. The highest BCUT2D eigenvalue weighted by Crippen LogP contribution is 2.16. The molecule has 1 aliphatic heterocycles. The van der Waals surface area contributed by atoms with Crippen LogP contribution in [0.5, 0.6) is 0 Å². The topological polar surface area (TPSA) is 50.2 Å². The van der Waals surface area contributed by atoms with E-state index in [9.17, 15) is 9.18 Å². The number of nitrogens with zero attached hydrogens (tertiary/aromatic N) is 3. The van der Waals surface area contributed by atoms with Crippen LogP contribution >= 0.6 is 0 Å². The Morgan fingerprint density at radius 3 is 3.00 bits per heavy atom. The van der Waals surface area contributed by atoms with E-state index < -0.39 is 0 Å². The van der Waals surface area contributed by atoms with Crippen LogP contribution in [0, 0.1) is 5.82 Å². The summed E-state index contributed by atoms with van der Waals surface area (Å²) in [6.07, 6.45) is 7.05. The minimum absolute atomic E-state index is 0.0549. The molecule has 0 bridgehead atoms. The van der Waals surface area contributed by atoms with Gasteiger partial charge in [0.1, 0.15) is 5.82 Å². The summed E-state index contributed by atoms with van der Waals surface area (Å²) in [6.45, 7) is 3.77. The zero-order valence-corrected chi connectivity index (χ0v) is 15.5. The molecule has 26 heavy (non-hydrogen) atoms. The molecule has 1 fully saturated rings. The van der Waals surface area contributed by atoms with Crippen LogP contribution in [0.25, 0.3) is 0 Å². The van der Waals surface area contributed by atoms with E-state index in [2.05, 4.69) is 22.1 Å². The van der Waals surface area contributed by atoms with E-state index in [4.69, 9.17) is 0 Å². The summed E-state index contributed by atoms with van der Waals surface area (Å²) in [4.78, 5) is 18.7. The largest absolute Gasteiger partial charge is 0.350 e. The second-order valence-corrected chi connectivity index (χ2v) is 7.15. The van der Waals surface area contributed by atoms with Gasteiger partial charge in [-0.05, 0) is 44.2 Å². The molecule has 0 saturated carbocycles. The average molecular weight is 358 g/mol. The van der Waals surface area contributed by atoms with Gasteiger partial charge in [0.2, 0.25) is 0 Å². The smallest absolute Gasteiger partial charge is 0.293 e. The lowest BCUT2D eigenvalue weighted by Gasteiger charge is -2.35. The van der Waals surface area contributed by atoms with Gasteiger partial charge in [-0.3, -0.25) is 4.79 Å². The predicted molar refractivity (Wildman–Crippen MR) is 102 cm³/mol. The van der Waals surface area contributed by atoms with Crippen molar-refractivity contribution >= 4 is 5.82 Å². The normalized spacial score (nSPS) is 18.7. The Labute approximate surface area is 153 Å². The van der Waals surface area contributed by atoms with Crippen LogP contribution in [-0.4, -0.2) is 34.7 Å². The minimum Gasteiger partial charge on any atom is -0.350 e. The molecule has 1 aromatic heterocycles. The molecule has 2 aromatic rings. The van der Waals surface area contributed by atoms with Crippen molar-refractivity contribution in [2.24, 2.45) is 7.05 Å². The highest BCUT2D eigenvalue weighted by Gasteiger charge is 2.23. The van der Waals surface area contributed by atoms with Crippen LogP contribution in [0.3, 0.4) is 0 Å². The molecule has 3 rings (SSSR count). The molecule has 0 spiro atoms. The second kappa shape index (κ2) is 8.45. The Kier molecular flexibility index (Phi) is 6.04. The van der Waals surface area contributed by atoms with Crippen LogP contribution < -0.4 is 15.8 Å². The number of piperidine rings is 1. The van der Waals surface area contributed by atoms with Gasteiger partial charge in [0, 0.05) is 44.6 Å². The third-order valence-corrected chi connectivity index (χ3v) is 5.04. The zero-order valence-electron chi connectivity index (χ0n) is 15.5. The Balaban J connectivity index is 1.55. The number of benzene rings is 1. The van der Waals surface area contributed by atoms with E-state index >= 15 is 0 Å². The van der Waals surface area contributed by atoms with Crippen molar-refractivity contribution < 1.29 is 4.39 Å². The van der Waals surface area contributed by atoms with Crippen molar-refractivity contribution in [1.82, 2.24) is 14.9 Å². The summed E-state index contributed by atoms with van der Waals surface area (Å²) in [5.74, 6) is 0.398. The minimum atomic E-state index is -0.130. The maximum absolute atomic E-state index is 13.7. The van der Waals surface area contributed by atoms with E-state index in [0.29, 0.717) is 11.9 Å². The van der Waals surface area contributed by atoms with Crippen LogP contribution in [0.1, 0.15) is 31.7 Å². The van der Waals surface area contributed by atoms with Gasteiger partial charge >= 0.3 is 0 Å². The maximum Gasteiger partial charge on any atom is 0.293 e. The Hall–Kier alpha value is -2.21. The zero-order chi connectivity index (χ0) is 18.5. The van der Waals surface area contributed by atoms with E-state index in [-0.39, 0.29) is 17.4 Å². The van der Waals surface area contributed by atoms with Gasteiger partial charge in [-0.2, -0.15) is 0 Å². The van der Waals surface area contributed by atoms with Crippen LogP contribution in [-0.2, 0) is 13.5 Å². The fourth-order valence-electron chi connectivity index (χ4n) is 3.57. The fourth-order valence-corrected chi connectivity index (χ4v) is 3.57. The molecule has 1 N–H and O–H groups in total. The molecule has 0 radical (unpaired) electrons. The first-order chi connectivity index (χ1) is 12.5. The molecule has 140 valence electrons. The summed E-state index contributed by atoms with van der Waals surface area (Å²) in [7, 11) is 1.75. The summed E-state index contributed by atoms with van der Waals surface area (Å²) in [5, 5.41) is 3.64. The number of aryl methyl sites for hydroxylation is 2. The molecule has 0 aliphatic carbocycles. The van der Waals surface area contributed by atoms with Gasteiger partial charge in [-0.15, -0.1) is 0 Å². The van der Waals surface area contributed by atoms with Gasteiger partial charge in [0.15, 0.2) is 5.82 Å². The van der Waals surface area contributed by atoms with Gasteiger partial charge in [-0.25, -0.2) is 9.37 Å². The highest BCUT2D eigenvalue weighted by molar-refractivity contribution is 5.36. The van der Waals surface area contributed by atoms with Crippen LogP contribution in [0.2, 0.25) is 0 Å². The van der Waals surface area contributed by atoms with Gasteiger partial charge in [0.05, 0.1) is 0 Å². The van der Waals surface area contributed by atoms with Gasteiger partial charge < -0.3 is 14.8 Å². The molecular formula is C20H27FN4O. The van der Waals surface area contributed by atoms with E-state index in [1.165, 1.54) is 6.07 Å². The number of anilines is 1. The maximum atomic E-state index is 13.7. The van der Waals surface area contributed by atoms with Gasteiger partial charge in [-0.1, -0.05) is 18.2 Å².